The van der Waals surface area contributed by atoms with E-state index in [-0.39, 0.29) is 17.8 Å². The largest absolute Gasteiger partial charge is 0.466 e. The molecule has 1 aliphatic heterocycles. The van der Waals surface area contributed by atoms with Gasteiger partial charge in [-0.15, -0.1) is 0 Å². The molecular formula is C29H28N6O4. The van der Waals surface area contributed by atoms with Crippen LogP contribution in [0.4, 0.5) is 5.69 Å². The lowest BCUT2D eigenvalue weighted by atomic mass is 9.80. The maximum absolute atomic E-state index is 13.4. The lowest BCUT2D eigenvalue weighted by Gasteiger charge is -2.30. The molecule has 0 spiro atoms. The van der Waals surface area contributed by atoms with Crippen LogP contribution in [0.1, 0.15) is 42.3 Å². The third-order valence-electron chi connectivity index (χ3n) is 6.28. The van der Waals surface area contributed by atoms with Crippen molar-refractivity contribution in [3.8, 4) is 0 Å². The van der Waals surface area contributed by atoms with Crippen LogP contribution in [0.3, 0.4) is 0 Å². The van der Waals surface area contributed by atoms with E-state index >= 15 is 0 Å². The number of rotatable bonds is 9. The van der Waals surface area contributed by atoms with Gasteiger partial charge in [0.05, 0.1) is 24.2 Å². The van der Waals surface area contributed by atoms with Crippen molar-refractivity contribution in [2.75, 3.05) is 13.7 Å². The first-order chi connectivity index (χ1) is 18.9. The topological polar surface area (TPSA) is 142 Å². The predicted molar refractivity (Wildman–Crippen MR) is 146 cm³/mol. The quantitative estimate of drug-likeness (QED) is 0.161. The van der Waals surface area contributed by atoms with Gasteiger partial charge in [-0.25, -0.2) is 14.6 Å². The molecule has 1 atom stereocenters. The second kappa shape index (κ2) is 12.4. The summed E-state index contributed by atoms with van der Waals surface area (Å²) in [5, 5.41) is 6.76. The minimum absolute atomic E-state index is 0.0332. The van der Waals surface area contributed by atoms with E-state index in [0.717, 1.165) is 17.0 Å². The molecule has 10 heteroatoms. The molecule has 0 saturated heterocycles. The monoisotopic (exact) mass is 524 g/mol. The fourth-order valence-corrected chi connectivity index (χ4v) is 4.52. The van der Waals surface area contributed by atoms with Crippen LogP contribution >= 0.6 is 0 Å². The summed E-state index contributed by atoms with van der Waals surface area (Å²) < 4.78 is 10.6. The highest BCUT2D eigenvalue weighted by molar-refractivity contribution is 6.00. The van der Waals surface area contributed by atoms with Gasteiger partial charge in [-0.2, -0.15) is 0 Å². The zero-order valence-electron chi connectivity index (χ0n) is 21.8. The summed E-state index contributed by atoms with van der Waals surface area (Å²) in [6.07, 6.45) is 7.86. The van der Waals surface area contributed by atoms with Gasteiger partial charge in [-0.3, -0.25) is 0 Å². The highest BCUT2D eigenvalue weighted by Crippen LogP contribution is 2.40. The molecule has 10 nitrogen and oxygen atoms in total. The van der Waals surface area contributed by atoms with Crippen LogP contribution in [0, 0.1) is 0 Å². The predicted octanol–water partition coefficient (Wildman–Crippen LogP) is 5.61. The summed E-state index contributed by atoms with van der Waals surface area (Å²) in [4.78, 5) is 36.3. The summed E-state index contributed by atoms with van der Waals surface area (Å²) in [5.41, 5.74) is 13.6. The number of nitrogens with zero attached hydrogens (tertiary/aromatic N) is 4. The number of benzene rings is 2. The Morgan fingerprint density at radius 3 is 2.51 bits per heavy atom. The molecule has 1 aromatic heterocycles. The molecule has 0 amide bonds. The molecule has 0 fully saturated rings. The zero-order valence-corrected chi connectivity index (χ0v) is 21.8. The number of methoxy groups -OCH3 is 1. The first-order valence-electron chi connectivity index (χ1n) is 12.2. The van der Waals surface area contributed by atoms with Crippen LogP contribution in [0.15, 0.2) is 94.7 Å². The van der Waals surface area contributed by atoms with Crippen molar-refractivity contribution in [2.45, 2.75) is 26.2 Å². The van der Waals surface area contributed by atoms with E-state index in [4.69, 9.17) is 15.0 Å². The van der Waals surface area contributed by atoms with Gasteiger partial charge in [0.1, 0.15) is 12.4 Å². The lowest BCUT2D eigenvalue weighted by Crippen LogP contribution is -2.32. The van der Waals surface area contributed by atoms with Crippen LogP contribution < -0.4 is 5.32 Å². The number of H-pyrrole nitrogens is 1. The van der Waals surface area contributed by atoms with Crippen LogP contribution in [0.5, 0.6) is 0 Å². The van der Waals surface area contributed by atoms with E-state index in [1.807, 2.05) is 30.3 Å². The molecule has 198 valence electrons. The fourth-order valence-electron chi connectivity index (χ4n) is 4.52. The Balaban J connectivity index is 1.51. The van der Waals surface area contributed by atoms with Crippen molar-refractivity contribution >= 4 is 23.7 Å². The Morgan fingerprint density at radius 1 is 1.10 bits per heavy atom. The zero-order chi connectivity index (χ0) is 27.8. The first-order valence-corrected chi connectivity index (χ1v) is 12.2. The number of aromatic nitrogens is 2. The van der Waals surface area contributed by atoms with Gasteiger partial charge in [0.15, 0.2) is 0 Å². The van der Waals surface area contributed by atoms with Crippen molar-refractivity contribution in [3.05, 3.63) is 122 Å². The molecular weight excluding hydrogens is 496 g/mol. The number of aromatic amines is 1. The van der Waals surface area contributed by atoms with Crippen LogP contribution in [0.2, 0.25) is 0 Å². The number of dihydropyridines is 1. The molecule has 1 aliphatic rings. The maximum atomic E-state index is 13.4. The van der Waals surface area contributed by atoms with Gasteiger partial charge in [-0.1, -0.05) is 53.7 Å². The molecule has 0 saturated carbocycles. The van der Waals surface area contributed by atoms with Gasteiger partial charge in [0.25, 0.3) is 0 Å². The summed E-state index contributed by atoms with van der Waals surface area (Å²) in [7, 11) is 1.29. The van der Waals surface area contributed by atoms with Gasteiger partial charge in [0.2, 0.25) is 0 Å². The highest BCUT2D eigenvalue weighted by Gasteiger charge is 2.37. The summed E-state index contributed by atoms with van der Waals surface area (Å²) in [5.74, 6) is -1.03. The van der Waals surface area contributed by atoms with Crippen molar-refractivity contribution in [2.24, 2.45) is 5.11 Å². The first kappa shape index (κ1) is 27.0. The Labute approximate surface area is 225 Å². The number of carbonyl (C=O) groups excluding carboxylic acids is 2. The molecule has 0 bridgehead atoms. The number of ether oxygens (including phenoxy) is 2. The van der Waals surface area contributed by atoms with Gasteiger partial charge in [0, 0.05) is 40.8 Å². The van der Waals surface area contributed by atoms with E-state index < -0.39 is 17.9 Å². The second-order valence-electron chi connectivity index (χ2n) is 8.87. The van der Waals surface area contributed by atoms with E-state index in [1.165, 1.54) is 7.11 Å². The maximum Gasteiger partial charge on any atom is 0.337 e. The number of esters is 2. The van der Waals surface area contributed by atoms with Crippen molar-refractivity contribution in [1.82, 2.24) is 15.3 Å². The number of azide groups is 1. The average molecular weight is 525 g/mol. The normalized spacial score (nSPS) is 15.1. The van der Waals surface area contributed by atoms with Crippen LogP contribution in [-0.4, -0.2) is 35.6 Å². The van der Waals surface area contributed by atoms with Crippen LogP contribution in [-0.2, 0) is 25.5 Å². The van der Waals surface area contributed by atoms with Crippen molar-refractivity contribution < 1.29 is 19.1 Å². The van der Waals surface area contributed by atoms with Crippen molar-refractivity contribution in [1.29, 1.82) is 0 Å². The molecule has 2 aromatic carbocycles. The number of imidazole rings is 1. The highest BCUT2D eigenvalue weighted by atomic mass is 16.5. The molecule has 39 heavy (non-hydrogen) atoms. The van der Waals surface area contributed by atoms with E-state index in [9.17, 15) is 9.59 Å². The number of hydrogen-bond donors (Lipinski definition) is 2. The third-order valence-corrected chi connectivity index (χ3v) is 6.28. The molecule has 1 unspecified atom stereocenters. The minimum Gasteiger partial charge on any atom is -0.466 e. The fraction of sp³-hybridized carbons (Fsp3) is 0.207. The number of nitrogens with one attached hydrogen (secondary N) is 2. The smallest absolute Gasteiger partial charge is 0.337 e. The van der Waals surface area contributed by atoms with Gasteiger partial charge >= 0.3 is 11.9 Å². The third kappa shape index (κ3) is 6.44. The average Bonchev–Trinajstić information content (AvgIpc) is 3.44. The Hall–Kier alpha value is -5.08. The summed E-state index contributed by atoms with van der Waals surface area (Å²) >= 11 is 0. The van der Waals surface area contributed by atoms with Crippen LogP contribution in [0.25, 0.3) is 16.5 Å². The number of hydrogen-bond acceptors (Lipinski definition) is 7. The standard InChI is InChI=1S/C29H28N6O4/c1-18-25(28(36)38-3)27(22-7-4-8-23(17-22)34-35-30)26(19(2)33-18)29(37)39-15-5-6-20-9-11-21(12-10-20)16-24-31-13-14-32-24/h4-14,17,27,33H,15-16H2,1-3H3,(H,31,32). The Morgan fingerprint density at radius 2 is 1.85 bits per heavy atom. The van der Waals surface area contributed by atoms with Gasteiger partial charge < -0.3 is 19.8 Å². The summed E-state index contributed by atoms with van der Waals surface area (Å²) in [6, 6.07) is 14.8. The molecule has 2 heterocycles. The summed E-state index contributed by atoms with van der Waals surface area (Å²) in [6.45, 7) is 3.52. The molecule has 0 aliphatic carbocycles. The number of carbonyl (C=O) groups is 2. The van der Waals surface area contributed by atoms with E-state index in [0.29, 0.717) is 29.1 Å². The second-order valence-corrected chi connectivity index (χ2v) is 8.87. The van der Waals surface area contributed by atoms with E-state index in [1.54, 1.807) is 56.6 Å². The molecule has 0 radical (unpaired) electrons. The molecule has 3 aromatic rings. The van der Waals surface area contributed by atoms with Crippen molar-refractivity contribution in [3.63, 3.8) is 0 Å². The minimum atomic E-state index is -0.772. The Bertz CT molecular complexity index is 1500. The molecule has 2 N–H and O–H groups in total. The van der Waals surface area contributed by atoms with Gasteiger partial charge in [-0.05, 0) is 48.2 Å². The lowest BCUT2D eigenvalue weighted by molar-refractivity contribution is -0.138. The molecule has 4 rings (SSSR count). The number of allylic oxidation sites excluding steroid dienone is 2. The SMILES string of the molecule is COC(=O)C1=C(C)NC(C)=C(C(=O)OCC=Cc2ccc(Cc3ncc[nH]3)cc2)C1c1cccc(N=[N+]=[N-])c1. The van der Waals surface area contributed by atoms with E-state index in [2.05, 4.69) is 25.3 Å². The Kier molecular flexibility index (Phi) is 8.60.